The quantitative estimate of drug-likeness (QED) is 0.726. The second-order valence-corrected chi connectivity index (χ2v) is 5.53. The van der Waals surface area contributed by atoms with Crippen LogP contribution in [0.2, 0.25) is 0 Å². The van der Waals surface area contributed by atoms with Crippen molar-refractivity contribution < 1.29 is 15.0 Å². The molecule has 0 spiro atoms. The van der Waals surface area contributed by atoms with Gasteiger partial charge in [-0.25, -0.2) is 4.98 Å². The monoisotopic (exact) mass is 310 g/mol. The molecule has 0 unspecified atom stereocenters. The molecule has 5 nitrogen and oxygen atoms in total. The summed E-state index contributed by atoms with van der Waals surface area (Å²) in [4.78, 5) is 17.0. The van der Waals surface area contributed by atoms with Crippen LogP contribution in [-0.2, 0) is 19.9 Å². The minimum atomic E-state index is -0.226. The van der Waals surface area contributed by atoms with Crippen molar-refractivity contribution in [2.75, 3.05) is 0 Å². The summed E-state index contributed by atoms with van der Waals surface area (Å²) < 4.78 is 1.88. The third-order valence-corrected chi connectivity index (χ3v) is 4.08. The Bertz CT molecular complexity index is 897. The molecule has 0 atom stereocenters. The molecule has 3 aromatic rings. The number of benzene rings is 2. The lowest BCUT2D eigenvalue weighted by Gasteiger charge is -2.08. The van der Waals surface area contributed by atoms with Crippen molar-refractivity contribution >= 4 is 16.8 Å². The van der Waals surface area contributed by atoms with Crippen LogP contribution in [0.4, 0.5) is 0 Å². The first-order valence-electron chi connectivity index (χ1n) is 7.49. The number of ketones is 1. The van der Waals surface area contributed by atoms with Gasteiger partial charge in [-0.05, 0) is 30.2 Å². The van der Waals surface area contributed by atoms with Gasteiger partial charge in [-0.15, -0.1) is 0 Å². The minimum Gasteiger partial charge on any atom is -0.508 e. The van der Waals surface area contributed by atoms with E-state index in [0.717, 1.165) is 11.0 Å². The van der Waals surface area contributed by atoms with E-state index in [4.69, 9.17) is 0 Å². The van der Waals surface area contributed by atoms with E-state index in [-0.39, 0.29) is 29.3 Å². The normalized spacial score (nSPS) is 11.0. The van der Waals surface area contributed by atoms with Gasteiger partial charge in [-0.1, -0.05) is 19.1 Å². The Kier molecular flexibility index (Phi) is 3.78. The van der Waals surface area contributed by atoms with Crippen molar-refractivity contribution in [2.45, 2.75) is 19.8 Å². The second-order valence-electron chi connectivity index (χ2n) is 5.53. The molecule has 0 amide bonds. The highest BCUT2D eigenvalue weighted by molar-refractivity contribution is 6.00. The third kappa shape index (κ3) is 2.65. The predicted molar refractivity (Wildman–Crippen MR) is 87.9 cm³/mol. The summed E-state index contributed by atoms with van der Waals surface area (Å²) in [7, 11) is 1.87. The molecule has 0 aliphatic carbocycles. The van der Waals surface area contributed by atoms with E-state index in [2.05, 4.69) is 4.98 Å². The predicted octanol–water partition coefficient (Wildman–Crippen LogP) is 2.97. The molecule has 0 radical (unpaired) electrons. The van der Waals surface area contributed by atoms with Crippen LogP contribution in [0, 0.1) is 0 Å². The van der Waals surface area contributed by atoms with Gasteiger partial charge in [-0.3, -0.25) is 4.79 Å². The van der Waals surface area contributed by atoms with E-state index in [1.807, 2.05) is 42.8 Å². The average molecular weight is 310 g/mol. The first-order chi connectivity index (χ1) is 11.0. The van der Waals surface area contributed by atoms with Gasteiger partial charge in [0.25, 0.3) is 0 Å². The molecular formula is C18H18N2O3. The number of imidazole rings is 1. The summed E-state index contributed by atoms with van der Waals surface area (Å²) in [5, 5.41) is 19.7. The summed E-state index contributed by atoms with van der Waals surface area (Å²) in [5.74, 6) is 0.213. The zero-order chi connectivity index (χ0) is 16.6. The minimum absolute atomic E-state index is 0.00396. The molecule has 2 N–H and O–H groups in total. The Morgan fingerprint density at radius 1 is 1.17 bits per heavy atom. The summed E-state index contributed by atoms with van der Waals surface area (Å²) in [5.41, 5.74) is 2.64. The number of fused-ring (bicyclic) bond motifs is 1. The highest BCUT2D eigenvalue weighted by Crippen LogP contribution is 2.29. The fourth-order valence-corrected chi connectivity index (χ4v) is 2.72. The Labute approximate surface area is 133 Å². The average Bonchev–Trinajstić information content (AvgIpc) is 2.84. The topological polar surface area (TPSA) is 75.4 Å². The molecule has 1 aromatic heterocycles. The summed E-state index contributed by atoms with van der Waals surface area (Å²) in [6.45, 7) is 1.88. The molecular weight excluding hydrogens is 292 g/mol. The Balaban J connectivity index is 1.96. The fourth-order valence-electron chi connectivity index (χ4n) is 2.72. The number of aromatic nitrogens is 2. The summed E-state index contributed by atoms with van der Waals surface area (Å²) >= 11 is 0. The maximum atomic E-state index is 12.5. The van der Waals surface area contributed by atoms with Gasteiger partial charge in [0.05, 0.1) is 23.0 Å². The van der Waals surface area contributed by atoms with E-state index in [1.165, 1.54) is 6.07 Å². The molecule has 2 aromatic carbocycles. The first-order valence-corrected chi connectivity index (χ1v) is 7.49. The Morgan fingerprint density at radius 3 is 2.61 bits per heavy atom. The maximum absolute atomic E-state index is 12.5. The van der Waals surface area contributed by atoms with E-state index in [9.17, 15) is 15.0 Å². The van der Waals surface area contributed by atoms with Crippen molar-refractivity contribution in [3.8, 4) is 11.5 Å². The van der Waals surface area contributed by atoms with E-state index >= 15 is 0 Å². The number of para-hydroxylation sites is 2. The van der Waals surface area contributed by atoms with E-state index in [0.29, 0.717) is 17.8 Å². The molecule has 0 saturated heterocycles. The van der Waals surface area contributed by atoms with Crippen LogP contribution in [-0.4, -0.2) is 25.5 Å². The standard InChI is InChI=1S/C18H18N2O3/c1-3-11-8-12(16(22)9-15(11)21)17(23)10-18-19-13-6-4-5-7-14(13)20(18)2/h4-9,21-22H,3,10H2,1-2H3. The van der Waals surface area contributed by atoms with Gasteiger partial charge in [0, 0.05) is 13.1 Å². The maximum Gasteiger partial charge on any atom is 0.174 e. The number of nitrogens with zero attached hydrogens (tertiary/aromatic N) is 2. The number of hydrogen-bond donors (Lipinski definition) is 2. The zero-order valence-corrected chi connectivity index (χ0v) is 13.1. The lowest BCUT2D eigenvalue weighted by Crippen LogP contribution is -2.09. The smallest absolute Gasteiger partial charge is 0.174 e. The van der Waals surface area contributed by atoms with Crippen LogP contribution < -0.4 is 0 Å². The van der Waals surface area contributed by atoms with Crippen molar-refractivity contribution in [1.82, 2.24) is 9.55 Å². The number of hydrogen-bond acceptors (Lipinski definition) is 4. The van der Waals surface area contributed by atoms with Gasteiger partial charge < -0.3 is 14.8 Å². The SMILES string of the molecule is CCc1cc(C(=O)Cc2nc3ccccc3n2C)c(O)cc1O. The summed E-state index contributed by atoms with van der Waals surface area (Å²) in [6.07, 6.45) is 0.672. The molecule has 1 heterocycles. The highest BCUT2D eigenvalue weighted by atomic mass is 16.3. The molecule has 5 heteroatoms. The molecule has 118 valence electrons. The summed E-state index contributed by atoms with van der Waals surface area (Å²) in [6, 6.07) is 10.5. The molecule has 0 aliphatic rings. The van der Waals surface area contributed by atoms with Gasteiger partial charge in [0.15, 0.2) is 5.78 Å². The van der Waals surface area contributed by atoms with Gasteiger partial charge in [0.2, 0.25) is 0 Å². The third-order valence-electron chi connectivity index (χ3n) is 4.08. The second kappa shape index (κ2) is 5.76. The van der Waals surface area contributed by atoms with Gasteiger partial charge in [0.1, 0.15) is 17.3 Å². The van der Waals surface area contributed by atoms with Crippen LogP contribution in [0.1, 0.15) is 28.7 Å². The lowest BCUT2D eigenvalue weighted by atomic mass is 10.0. The lowest BCUT2D eigenvalue weighted by molar-refractivity contribution is 0.0987. The number of Topliss-reactive ketones (excluding diaryl/α,β-unsaturated/α-hetero) is 1. The zero-order valence-electron chi connectivity index (χ0n) is 13.1. The number of phenolic OH excluding ortho intramolecular Hbond substituents is 2. The van der Waals surface area contributed by atoms with Crippen molar-refractivity contribution in [2.24, 2.45) is 7.05 Å². The largest absolute Gasteiger partial charge is 0.508 e. The molecule has 0 aliphatic heterocycles. The molecule has 23 heavy (non-hydrogen) atoms. The van der Waals surface area contributed by atoms with Gasteiger partial charge in [-0.2, -0.15) is 0 Å². The van der Waals surface area contributed by atoms with Crippen molar-refractivity contribution in [1.29, 1.82) is 0 Å². The van der Waals surface area contributed by atoms with Crippen LogP contribution in [0.3, 0.4) is 0 Å². The number of aromatic hydroxyl groups is 2. The van der Waals surface area contributed by atoms with Crippen molar-refractivity contribution in [3.05, 3.63) is 53.3 Å². The van der Waals surface area contributed by atoms with Crippen LogP contribution in [0.25, 0.3) is 11.0 Å². The molecule has 0 bridgehead atoms. The van der Waals surface area contributed by atoms with Crippen LogP contribution >= 0.6 is 0 Å². The number of carbonyl (C=O) groups excluding carboxylic acids is 1. The Hall–Kier alpha value is -2.82. The fraction of sp³-hybridized carbons (Fsp3) is 0.222. The molecule has 0 fully saturated rings. The number of rotatable bonds is 4. The number of carbonyl (C=O) groups is 1. The van der Waals surface area contributed by atoms with Gasteiger partial charge >= 0.3 is 0 Å². The van der Waals surface area contributed by atoms with Crippen LogP contribution in [0.15, 0.2) is 36.4 Å². The number of aryl methyl sites for hydroxylation is 2. The molecule has 3 rings (SSSR count). The van der Waals surface area contributed by atoms with E-state index in [1.54, 1.807) is 6.07 Å². The highest BCUT2D eigenvalue weighted by Gasteiger charge is 2.18. The molecule has 0 saturated carbocycles. The van der Waals surface area contributed by atoms with E-state index < -0.39 is 0 Å². The van der Waals surface area contributed by atoms with Crippen LogP contribution in [0.5, 0.6) is 11.5 Å². The number of phenols is 2. The van der Waals surface area contributed by atoms with Crippen molar-refractivity contribution in [3.63, 3.8) is 0 Å². The Morgan fingerprint density at radius 2 is 1.91 bits per heavy atom. The first kappa shape index (κ1) is 15.1.